The van der Waals surface area contributed by atoms with Crippen molar-refractivity contribution in [3.8, 4) is 0 Å². The summed E-state index contributed by atoms with van der Waals surface area (Å²) < 4.78 is 0. The van der Waals surface area contributed by atoms with E-state index in [9.17, 15) is 4.79 Å². The summed E-state index contributed by atoms with van der Waals surface area (Å²) in [6, 6.07) is 2.15. The van der Waals surface area contributed by atoms with Gasteiger partial charge < -0.3 is 5.32 Å². The SMILES string of the molecule is C[C@H](Sc1ncccn1)C(=O)NC1CCCC1. The van der Waals surface area contributed by atoms with Crippen molar-refractivity contribution in [3.05, 3.63) is 18.5 Å². The van der Waals surface area contributed by atoms with E-state index >= 15 is 0 Å². The fraction of sp³-hybridized carbons (Fsp3) is 0.583. The number of thioether (sulfide) groups is 1. The average Bonchev–Trinajstić information content (AvgIpc) is 2.83. The van der Waals surface area contributed by atoms with Crippen molar-refractivity contribution >= 4 is 17.7 Å². The monoisotopic (exact) mass is 251 g/mol. The van der Waals surface area contributed by atoms with Gasteiger partial charge in [-0.1, -0.05) is 24.6 Å². The second-order valence-corrected chi connectivity index (χ2v) is 5.59. The smallest absolute Gasteiger partial charge is 0.233 e. The number of hydrogen-bond donors (Lipinski definition) is 1. The molecule has 92 valence electrons. The highest BCUT2D eigenvalue weighted by Crippen LogP contribution is 2.21. The summed E-state index contributed by atoms with van der Waals surface area (Å²) in [6.07, 6.45) is 8.08. The number of carbonyl (C=O) groups is 1. The fourth-order valence-corrected chi connectivity index (χ4v) is 2.68. The van der Waals surface area contributed by atoms with E-state index in [1.54, 1.807) is 18.5 Å². The van der Waals surface area contributed by atoms with Gasteiger partial charge in [0.05, 0.1) is 5.25 Å². The lowest BCUT2D eigenvalue weighted by Gasteiger charge is -2.15. The minimum atomic E-state index is -0.141. The molecule has 1 amide bonds. The quantitative estimate of drug-likeness (QED) is 0.657. The Morgan fingerprint density at radius 1 is 1.41 bits per heavy atom. The van der Waals surface area contributed by atoms with Crippen LogP contribution < -0.4 is 5.32 Å². The van der Waals surface area contributed by atoms with E-state index in [4.69, 9.17) is 0 Å². The molecule has 1 fully saturated rings. The summed E-state index contributed by atoms with van der Waals surface area (Å²) in [6.45, 7) is 1.89. The zero-order chi connectivity index (χ0) is 12.1. The highest BCUT2D eigenvalue weighted by atomic mass is 32.2. The van der Waals surface area contributed by atoms with Crippen LogP contribution in [0.1, 0.15) is 32.6 Å². The summed E-state index contributed by atoms with van der Waals surface area (Å²) in [4.78, 5) is 20.1. The van der Waals surface area contributed by atoms with Crippen molar-refractivity contribution in [2.45, 2.75) is 49.1 Å². The van der Waals surface area contributed by atoms with Gasteiger partial charge in [0, 0.05) is 18.4 Å². The minimum Gasteiger partial charge on any atom is -0.352 e. The number of rotatable bonds is 4. The maximum Gasteiger partial charge on any atom is 0.233 e. The van der Waals surface area contributed by atoms with E-state index < -0.39 is 0 Å². The van der Waals surface area contributed by atoms with Crippen molar-refractivity contribution in [2.24, 2.45) is 0 Å². The summed E-state index contributed by atoms with van der Waals surface area (Å²) >= 11 is 1.40. The van der Waals surface area contributed by atoms with E-state index in [0.717, 1.165) is 12.8 Å². The molecule has 0 spiro atoms. The number of hydrogen-bond acceptors (Lipinski definition) is 4. The van der Waals surface area contributed by atoms with Gasteiger partial charge in [-0.2, -0.15) is 0 Å². The third-order valence-corrected chi connectivity index (χ3v) is 3.88. The van der Waals surface area contributed by atoms with E-state index in [2.05, 4.69) is 15.3 Å². The molecule has 1 aromatic heterocycles. The fourth-order valence-electron chi connectivity index (χ4n) is 1.95. The van der Waals surface area contributed by atoms with Crippen LogP contribution in [0.15, 0.2) is 23.6 Å². The summed E-state index contributed by atoms with van der Waals surface area (Å²) in [5.74, 6) is 0.0920. The predicted molar refractivity (Wildman–Crippen MR) is 67.7 cm³/mol. The Balaban J connectivity index is 1.82. The van der Waals surface area contributed by atoms with Crippen LogP contribution in [0.25, 0.3) is 0 Å². The number of carbonyl (C=O) groups excluding carboxylic acids is 1. The van der Waals surface area contributed by atoms with Gasteiger partial charge >= 0.3 is 0 Å². The third-order valence-electron chi connectivity index (χ3n) is 2.90. The lowest BCUT2D eigenvalue weighted by atomic mass is 10.2. The molecule has 17 heavy (non-hydrogen) atoms. The van der Waals surface area contributed by atoms with Gasteiger partial charge in [-0.05, 0) is 25.8 Å². The van der Waals surface area contributed by atoms with Crippen LogP contribution in [-0.2, 0) is 4.79 Å². The second kappa shape index (κ2) is 6.00. The van der Waals surface area contributed by atoms with Gasteiger partial charge in [-0.15, -0.1) is 0 Å². The third kappa shape index (κ3) is 3.70. The lowest BCUT2D eigenvalue weighted by molar-refractivity contribution is -0.120. The molecule has 4 nitrogen and oxygen atoms in total. The highest BCUT2D eigenvalue weighted by molar-refractivity contribution is 8.00. The standard InChI is InChI=1S/C12H17N3OS/c1-9(17-12-13-7-4-8-14-12)11(16)15-10-5-2-3-6-10/h4,7-10H,2-3,5-6H2,1H3,(H,15,16)/t9-/m0/s1. The first-order chi connectivity index (χ1) is 8.25. The molecule has 1 N–H and O–H groups in total. The van der Waals surface area contributed by atoms with Crippen LogP contribution in [0, 0.1) is 0 Å². The van der Waals surface area contributed by atoms with Crippen LogP contribution in [0.2, 0.25) is 0 Å². The maximum atomic E-state index is 11.9. The van der Waals surface area contributed by atoms with Crippen molar-refractivity contribution in [2.75, 3.05) is 0 Å². The van der Waals surface area contributed by atoms with Crippen molar-refractivity contribution in [1.82, 2.24) is 15.3 Å². The number of amides is 1. The molecule has 1 atom stereocenters. The van der Waals surface area contributed by atoms with Crippen LogP contribution in [0.5, 0.6) is 0 Å². The Morgan fingerprint density at radius 2 is 2.06 bits per heavy atom. The average molecular weight is 251 g/mol. The molecule has 0 aliphatic heterocycles. The molecule has 0 bridgehead atoms. The lowest BCUT2D eigenvalue weighted by Crippen LogP contribution is -2.37. The Hall–Kier alpha value is -1.10. The zero-order valence-corrected chi connectivity index (χ0v) is 10.7. The van der Waals surface area contributed by atoms with Gasteiger partial charge in [0.15, 0.2) is 5.16 Å². The van der Waals surface area contributed by atoms with Crippen LogP contribution in [0.3, 0.4) is 0 Å². The first kappa shape index (κ1) is 12.4. The Morgan fingerprint density at radius 3 is 2.71 bits per heavy atom. The molecule has 1 aromatic rings. The number of aromatic nitrogens is 2. The molecule has 2 rings (SSSR count). The van der Waals surface area contributed by atoms with E-state index in [-0.39, 0.29) is 11.2 Å². The van der Waals surface area contributed by atoms with E-state index in [1.165, 1.54) is 24.6 Å². The van der Waals surface area contributed by atoms with Gasteiger partial charge in [0.25, 0.3) is 0 Å². The molecule has 1 heterocycles. The minimum absolute atomic E-state index is 0.0920. The summed E-state index contributed by atoms with van der Waals surface area (Å²) in [5, 5.41) is 3.60. The molecule has 0 radical (unpaired) electrons. The van der Waals surface area contributed by atoms with Gasteiger partial charge in [-0.3, -0.25) is 4.79 Å². The molecule has 0 aromatic carbocycles. The first-order valence-electron chi connectivity index (χ1n) is 6.00. The second-order valence-electron chi connectivity index (χ2n) is 4.28. The molecule has 5 heteroatoms. The molecule has 1 aliphatic carbocycles. The number of nitrogens with zero attached hydrogens (tertiary/aromatic N) is 2. The van der Waals surface area contributed by atoms with Crippen LogP contribution in [-0.4, -0.2) is 27.2 Å². The Labute approximate surface area is 106 Å². The molecule has 0 unspecified atom stereocenters. The highest BCUT2D eigenvalue weighted by Gasteiger charge is 2.21. The summed E-state index contributed by atoms with van der Waals surface area (Å²) in [7, 11) is 0. The first-order valence-corrected chi connectivity index (χ1v) is 6.88. The van der Waals surface area contributed by atoms with Crippen molar-refractivity contribution < 1.29 is 4.79 Å². The van der Waals surface area contributed by atoms with Gasteiger partial charge in [0.2, 0.25) is 5.91 Å². The summed E-state index contributed by atoms with van der Waals surface area (Å²) in [5.41, 5.74) is 0. The van der Waals surface area contributed by atoms with Gasteiger partial charge in [0.1, 0.15) is 0 Å². The largest absolute Gasteiger partial charge is 0.352 e. The molecule has 1 aliphatic rings. The Bertz CT molecular complexity index is 365. The van der Waals surface area contributed by atoms with Crippen molar-refractivity contribution in [1.29, 1.82) is 0 Å². The van der Waals surface area contributed by atoms with Crippen molar-refractivity contribution in [3.63, 3.8) is 0 Å². The van der Waals surface area contributed by atoms with E-state index in [1.807, 2.05) is 6.92 Å². The number of nitrogens with one attached hydrogen (secondary N) is 1. The van der Waals surface area contributed by atoms with Crippen LogP contribution >= 0.6 is 11.8 Å². The molecular weight excluding hydrogens is 234 g/mol. The Kier molecular flexibility index (Phi) is 4.36. The topological polar surface area (TPSA) is 54.9 Å². The molecule has 1 saturated carbocycles. The molecule has 0 saturated heterocycles. The predicted octanol–water partition coefficient (Wildman–Crippen LogP) is 2.02. The zero-order valence-electron chi connectivity index (χ0n) is 9.93. The molecular formula is C12H17N3OS. The van der Waals surface area contributed by atoms with E-state index in [0.29, 0.717) is 11.2 Å². The van der Waals surface area contributed by atoms with Gasteiger partial charge in [-0.25, -0.2) is 9.97 Å². The normalized spacial score (nSPS) is 17.9. The maximum absolute atomic E-state index is 11.9. The van der Waals surface area contributed by atoms with Crippen LogP contribution in [0.4, 0.5) is 0 Å².